The molecule has 1 aliphatic rings. The van der Waals surface area contributed by atoms with Crippen molar-refractivity contribution in [1.82, 2.24) is 0 Å². The van der Waals surface area contributed by atoms with E-state index in [1.54, 1.807) is 25.2 Å². The van der Waals surface area contributed by atoms with Gasteiger partial charge in [-0.2, -0.15) is 0 Å². The van der Waals surface area contributed by atoms with Crippen molar-refractivity contribution in [3.8, 4) is 0 Å². The molecule has 0 aliphatic carbocycles. The summed E-state index contributed by atoms with van der Waals surface area (Å²) in [7, 11) is 0. The van der Waals surface area contributed by atoms with Crippen LogP contribution in [0.2, 0.25) is 0 Å². The van der Waals surface area contributed by atoms with Crippen molar-refractivity contribution in [1.29, 1.82) is 0 Å². The lowest BCUT2D eigenvalue weighted by atomic mass is 10.1. The number of hydrogen-bond acceptors (Lipinski definition) is 3. The average molecular weight is 178 g/mol. The smallest absolute Gasteiger partial charge is 0.346 e. The Bertz CT molecular complexity index is 321. The van der Waals surface area contributed by atoms with Gasteiger partial charge in [0.1, 0.15) is 0 Å². The molecule has 0 bridgehead atoms. The lowest BCUT2D eigenvalue weighted by Crippen LogP contribution is -2.00. The SMILES string of the molecule is C=CCC=CC1=C(C)C(=O)OC1=O. The molecule has 0 aromatic rings. The quantitative estimate of drug-likeness (QED) is 0.374. The van der Waals surface area contributed by atoms with Gasteiger partial charge in [-0.3, -0.25) is 0 Å². The minimum absolute atomic E-state index is 0.340. The summed E-state index contributed by atoms with van der Waals surface area (Å²) in [6.07, 6.45) is 5.71. The number of esters is 2. The van der Waals surface area contributed by atoms with Crippen molar-refractivity contribution >= 4 is 11.9 Å². The van der Waals surface area contributed by atoms with E-state index in [1.165, 1.54) is 0 Å². The van der Waals surface area contributed by atoms with Crippen LogP contribution in [0.15, 0.2) is 36.0 Å². The Hall–Kier alpha value is -1.64. The molecule has 0 atom stereocenters. The average Bonchev–Trinajstić information content (AvgIpc) is 2.32. The highest BCUT2D eigenvalue weighted by Gasteiger charge is 2.27. The summed E-state index contributed by atoms with van der Waals surface area (Å²) in [4.78, 5) is 21.9. The summed E-state index contributed by atoms with van der Waals surface area (Å²) in [5.41, 5.74) is 0.706. The van der Waals surface area contributed by atoms with E-state index < -0.39 is 11.9 Å². The molecule has 1 rings (SSSR count). The lowest BCUT2D eigenvalue weighted by molar-refractivity contribution is -0.150. The third kappa shape index (κ3) is 1.93. The Kier molecular flexibility index (Phi) is 2.80. The van der Waals surface area contributed by atoms with E-state index in [1.807, 2.05) is 0 Å². The van der Waals surface area contributed by atoms with Gasteiger partial charge >= 0.3 is 11.9 Å². The monoisotopic (exact) mass is 178 g/mol. The summed E-state index contributed by atoms with van der Waals surface area (Å²) < 4.78 is 4.39. The number of rotatable bonds is 3. The first-order valence-corrected chi connectivity index (χ1v) is 3.91. The number of hydrogen-bond donors (Lipinski definition) is 0. The summed E-state index contributed by atoms with van der Waals surface area (Å²) in [5, 5.41) is 0. The van der Waals surface area contributed by atoms with Gasteiger partial charge in [0, 0.05) is 5.57 Å². The predicted octanol–water partition coefficient (Wildman–Crippen LogP) is 1.52. The first-order chi connectivity index (χ1) is 6.16. The predicted molar refractivity (Wildman–Crippen MR) is 47.8 cm³/mol. The molecule has 0 saturated carbocycles. The van der Waals surface area contributed by atoms with Crippen LogP contribution in [-0.4, -0.2) is 11.9 Å². The number of cyclic esters (lactones) is 2. The highest BCUT2D eigenvalue weighted by molar-refractivity contribution is 6.13. The van der Waals surface area contributed by atoms with E-state index in [4.69, 9.17) is 0 Å². The number of ether oxygens (including phenoxy) is 1. The maximum absolute atomic E-state index is 11.0. The molecule has 0 N–H and O–H groups in total. The normalized spacial score (nSPS) is 17.0. The van der Waals surface area contributed by atoms with Gasteiger partial charge in [-0.25, -0.2) is 9.59 Å². The zero-order valence-electron chi connectivity index (χ0n) is 7.37. The molecule has 3 nitrogen and oxygen atoms in total. The van der Waals surface area contributed by atoms with Crippen molar-refractivity contribution < 1.29 is 14.3 Å². The van der Waals surface area contributed by atoms with Crippen LogP contribution in [0.3, 0.4) is 0 Å². The van der Waals surface area contributed by atoms with Crippen LogP contribution >= 0.6 is 0 Å². The molecule has 68 valence electrons. The zero-order valence-corrected chi connectivity index (χ0v) is 7.37. The topological polar surface area (TPSA) is 43.4 Å². The number of carbonyl (C=O) groups is 2. The fraction of sp³-hybridized carbons (Fsp3) is 0.200. The largest absolute Gasteiger partial charge is 0.386 e. The van der Waals surface area contributed by atoms with Gasteiger partial charge < -0.3 is 4.74 Å². The van der Waals surface area contributed by atoms with E-state index in [2.05, 4.69) is 11.3 Å². The van der Waals surface area contributed by atoms with E-state index in [-0.39, 0.29) is 0 Å². The van der Waals surface area contributed by atoms with Crippen molar-refractivity contribution in [3.05, 3.63) is 36.0 Å². The minimum atomic E-state index is -0.567. The zero-order chi connectivity index (χ0) is 9.84. The Labute approximate surface area is 76.4 Å². The van der Waals surface area contributed by atoms with Gasteiger partial charge in [0.05, 0.1) is 5.57 Å². The van der Waals surface area contributed by atoms with Crippen LogP contribution in [0.25, 0.3) is 0 Å². The summed E-state index contributed by atoms with van der Waals surface area (Å²) in [6, 6.07) is 0. The first-order valence-electron chi connectivity index (χ1n) is 3.91. The van der Waals surface area contributed by atoms with E-state index in [0.29, 0.717) is 17.6 Å². The lowest BCUT2D eigenvalue weighted by Gasteiger charge is -1.87. The molecular weight excluding hydrogens is 168 g/mol. The fourth-order valence-corrected chi connectivity index (χ4v) is 0.954. The molecule has 1 heterocycles. The van der Waals surface area contributed by atoms with Gasteiger partial charge in [-0.15, -0.1) is 6.58 Å². The molecule has 0 fully saturated rings. The number of allylic oxidation sites excluding steroid dienone is 2. The summed E-state index contributed by atoms with van der Waals surface area (Å²) in [6.45, 7) is 5.10. The molecular formula is C10H10O3. The Balaban J connectivity index is 2.83. The molecule has 0 saturated heterocycles. The second kappa shape index (κ2) is 3.85. The van der Waals surface area contributed by atoms with Crippen LogP contribution < -0.4 is 0 Å². The molecule has 0 spiro atoms. The second-order valence-corrected chi connectivity index (χ2v) is 2.64. The van der Waals surface area contributed by atoms with Crippen LogP contribution in [0.1, 0.15) is 13.3 Å². The van der Waals surface area contributed by atoms with Crippen LogP contribution in [0.5, 0.6) is 0 Å². The second-order valence-electron chi connectivity index (χ2n) is 2.64. The Morgan fingerprint density at radius 2 is 2.08 bits per heavy atom. The molecule has 3 heteroatoms. The highest BCUT2D eigenvalue weighted by atomic mass is 16.6. The molecule has 0 radical (unpaired) electrons. The van der Waals surface area contributed by atoms with E-state index in [0.717, 1.165) is 0 Å². The van der Waals surface area contributed by atoms with Crippen LogP contribution in [0.4, 0.5) is 0 Å². The number of carbonyl (C=O) groups excluding carboxylic acids is 2. The van der Waals surface area contributed by atoms with Crippen molar-refractivity contribution in [2.24, 2.45) is 0 Å². The third-order valence-electron chi connectivity index (χ3n) is 1.70. The minimum Gasteiger partial charge on any atom is -0.386 e. The van der Waals surface area contributed by atoms with Crippen molar-refractivity contribution in [2.45, 2.75) is 13.3 Å². The standard InChI is InChI=1S/C10H10O3/c1-3-4-5-6-8-7(2)9(11)13-10(8)12/h3,5-6H,1,4H2,2H3. The first kappa shape index (κ1) is 9.45. The summed E-state index contributed by atoms with van der Waals surface area (Å²) in [5.74, 6) is -1.12. The van der Waals surface area contributed by atoms with Crippen molar-refractivity contribution in [2.75, 3.05) is 0 Å². The maximum atomic E-state index is 11.0. The van der Waals surface area contributed by atoms with Crippen molar-refractivity contribution in [3.63, 3.8) is 0 Å². The maximum Gasteiger partial charge on any atom is 0.346 e. The molecule has 0 aromatic carbocycles. The molecule has 0 amide bonds. The molecule has 0 aromatic heterocycles. The van der Waals surface area contributed by atoms with Gasteiger partial charge in [-0.05, 0) is 13.3 Å². The van der Waals surface area contributed by atoms with Gasteiger partial charge in [0.15, 0.2) is 0 Å². The van der Waals surface area contributed by atoms with Gasteiger partial charge in [0.2, 0.25) is 0 Å². The molecule has 1 aliphatic heterocycles. The molecule has 0 unspecified atom stereocenters. The van der Waals surface area contributed by atoms with Crippen LogP contribution in [-0.2, 0) is 14.3 Å². The molecule has 13 heavy (non-hydrogen) atoms. The van der Waals surface area contributed by atoms with Crippen LogP contribution in [0, 0.1) is 0 Å². The Morgan fingerprint density at radius 3 is 2.54 bits per heavy atom. The van der Waals surface area contributed by atoms with Gasteiger partial charge in [0.25, 0.3) is 0 Å². The van der Waals surface area contributed by atoms with E-state index >= 15 is 0 Å². The van der Waals surface area contributed by atoms with E-state index in [9.17, 15) is 9.59 Å². The highest BCUT2D eigenvalue weighted by Crippen LogP contribution is 2.17. The fourth-order valence-electron chi connectivity index (χ4n) is 0.954. The Morgan fingerprint density at radius 1 is 1.38 bits per heavy atom. The third-order valence-corrected chi connectivity index (χ3v) is 1.70. The van der Waals surface area contributed by atoms with Gasteiger partial charge in [-0.1, -0.05) is 18.2 Å². The summed E-state index contributed by atoms with van der Waals surface area (Å²) >= 11 is 0.